The van der Waals surface area contributed by atoms with Crippen LogP contribution in [0.15, 0.2) is 54.2 Å². The molecule has 1 unspecified atom stereocenters. The Bertz CT molecular complexity index is 1380. The largest absolute Gasteiger partial charge is 0.347 e. The number of likely N-dealkylation sites (N-methyl/N-ethyl adjacent to an activating group) is 1. The number of amides is 2. The van der Waals surface area contributed by atoms with Crippen LogP contribution in [-0.2, 0) is 19.4 Å². The molecule has 36 heavy (non-hydrogen) atoms. The number of hydrogen-bond acceptors (Lipinski definition) is 8. The van der Waals surface area contributed by atoms with Crippen molar-refractivity contribution in [3.05, 3.63) is 81.6 Å². The van der Waals surface area contributed by atoms with Gasteiger partial charge in [0.1, 0.15) is 10.7 Å². The minimum atomic E-state index is -0.259. The number of benzene rings is 1. The summed E-state index contributed by atoms with van der Waals surface area (Å²) in [6, 6.07) is 11.5. The fraction of sp³-hybridized carbons (Fsp3) is 0.269. The molecule has 0 bridgehead atoms. The first-order valence-electron chi connectivity index (χ1n) is 11.7. The van der Waals surface area contributed by atoms with Gasteiger partial charge < -0.3 is 10.2 Å². The number of aromatic nitrogens is 3. The van der Waals surface area contributed by atoms with E-state index in [0.29, 0.717) is 29.0 Å². The predicted molar refractivity (Wildman–Crippen MR) is 143 cm³/mol. The average molecular weight is 519 g/mol. The lowest BCUT2D eigenvalue weighted by Gasteiger charge is -2.27. The van der Waals surface area contributed by atoms with Crippen molar-refractivity contribution in [2.24, 2.45) is 0 Å². The number of rotatable bonds is 7. The highest BCUT2D eigenvalue weighted by Crippen LogP contribution is 2.31. The molecule has 184 valence electrons. The quantitative estimate of drug-likeness (QED) is 0.379. The molecule has 2 N–H and O–H groups in total. The number of nitrogens with one attached hydrogen (secondary N) is 2. The molecule has 0 fully saturated rings. The molecule has 3 heterocycles. The number of pyridine rings is 1. The molecule has 10 heteroatoms. The Labute approximate surface area is 217 Å². The molecule has 3 aromatic heterocycles. The number of fused-ring (bicyclic) bond motifs is 1. The Morgan fingerprint density at radius 3 is 2.75 bits per heavy atom. The Morgan fingerprint density at radius 2 is 1.94 bits per heavy atom. The van der Waals surface area contributed by atoms with E-state index in [0.717, 1.165) is 41.1 Å². The molecule has 0 saturated heterocycles. The molecule has 1 atom stereocenters. The van der Waals surface area contributed by atoms with Gasteiger partial charge in [0, 0.05) is 46.4 Å². The lowest BCUT2D eigenvalue weighted by molar-refractivity contribution is 0.0946. The van der Waals surface area contributed by atoms with Gasteiger partial charge >= 0.3 is 0 Å². The number of carbonyl (C=O) groups excluding carboxylic acids is 2. The van der Waals surface area contributed by atoms with Crippen molar-refractivity contribution < 1.29 is 9.59 Å². The second-order valence-corrected chi connectivity index (χ2v) is 10.8. The first kappa shape index (κ1) is 24.2. The van der Waals surface area contributed by atoms with Gasteiger partial charge in [-0.2, -0.15) is 0 Å². The zero-order valence-electron chi connectivity index (χ0n) is 20.0. The zero-order valence-corrected chi connectivity index (χ0v) is 21.7. The van der Waals surface area contributed by atoms with Crippen molar-refractivity contribution >= 4 is 39.6 Å². The summed E-state index contributed by atoms with van der Waals surface area (Å²) in [4.78, 5) is 42.1. The SMILES string of the molecule is CN(C)C1CCc2nc(NC(=O)c3cccc(CNC(=O)c4csc(-c5ccncc5)n4)c3)sc2C1. The lowest BCUT2D eigenvalue weighted by atomic mass is 9.97. The van der Waals surface area contributed by atoms with Gasteiger partial charge in [0.15, 0.2) is 5.13 Å². The first-order valence-corrected chi connectivity index (χ1v) is 13.4. The molecule has 1 aromatic carbocycles. The summed E-state index contributed by atoms with van der Waals surface area (Å²) in [5.41, 5.74) is 3.73. The van der Waals surface area contributed by atoms with E-state index in [1.807, 2.05) is 24.3 Å². The third-order valence-corrected chi connectivity index (χ3v) is 8.10. The minimum absolute atomic E-state index is 0.208. The topological polar surface area (TPSA) is 100 Å². The summed E-state index contributed by atoms with van der Waals surface area (Å²) >= 11 is 2.97. The molecule has 1 aliphatic rings. The highest BCUT2D eigenvalue weighted by Gasteiger charge is 2.24. The Morgan fingerprint density at radius 1 is 1.11 bits per heavy atom. The average Bonchev–Trinajstić information content (AvgIpc) is 3.54. The monoisotopic (exact) mass is 518 g/mol. The number of nitrogens with zero attached hydrogens (tertiary/aromatic N) is 4. The maximum absolute atomic E-state index is 12.9. The Kier molecular flexibility index (Phi) is 7.17. The molecule has 5 rings (SSSR count). The van der Waals surface area contributed by atoms with Crippen molar-refractivity contribution in [3.8, 4) is 10.6 Å². The summed E-state index contributed by atoms with van der Waals surface area (Å²) in [6.45, 7) is 0.291. The highest BCUT2D eigenvalue weighted by atomic mass is 32.1. The van der Waals surface area contributed by atoms with Gasteiger partial charge in [-0.05, 0) is 63.2 Å². The first-order chi connectivity index (χ1) is 17.5. The van der Waals surface area contributed by atoms with Crippen molar-refractivity contribution in [2.75, 3.05) is 19.4 Å². The van der Waals surface area contributed by atoms with Gasteiger partial charge in [-0.1, -0.05) is 12.1 Å². The molecule has 0 radical (unpaired) electrons. The molecule has 4 aromatic rings. The second kappa shape index (κ2) is 10.7. The van der Waals surface area contributed by atoms with Crippen molar-refractivity contribution in [1.82, 2.24) is 25.2 Å². The van der Waals surface area contributed by atoms with Gasteiger partial charge in [-0.15, -0.1) is 22.7 Å². The van der Waals surface area contributed by atoms with Crippen LogP contribution in [0.25, 0.3) is 10.6 Å². The van der Waals surface area contributed by atoms with E-state index >= 15 is 0 Å². The van der Waals surface area contributed by atoms with E-state index in [-0.39, 0.29) is 11.8 Å². The van der Waals surface area contributed by atoms with Crippen LogP contribution in [-0.4, -0.2) is 51.8 Å². The van der Waals surface area contributed by atoms with Gasteiger partial charge in [-0.25, -0.2) is 9.97 Å². The number of anilines is 1. The minimum Gasteiger partial charge on any atom is -0.347 e. The smallest absolute Gasteiger partial charge is 0.271 e. The van der Waals surface area contributed by atoms with Crippen LogP contribution < -0.4 is 10.6 Å². The number of aryl methyl sites for hydroxylation is 1. The Balaban J connectivity index is 1.19. The summed E-state index contributed by atoms with van der Waals surface area (Å²) in [6.07, 6.45) is 6.37. The fourth-order valence-corrected chi connectivity index (χ4v) is 6.00. The van der Waals surface area contributed by atoms with Crippen LogP contribution in [0.1, 0.15) is 43.4 Å². The van der Waals surface area contributed by atoms with E-state index < -0.39 is 0 Å². The van der Waals surface area contributed by atoms with Crippen LogP contribution in [0, 0.1) is 0 Å². The zero-order chi connectivity index (χ0) is 25.1. The predicted octanol–water partition coefficient (Wildman–Crippen LogP) is 4.26. The maximum Gasteiger partial charge on any atom is 0.271 e. The van der Waals surface area contributed by atoms with E-state index in [2.05, 4.69) is 44.6 Å². The third kappa shape index (κ3) is 5.51. The van der Waals surface area contributed by atoms with Crippen LogP contribution in [0.2, 0.25) is 0 Å². The lowest BCUT2D eigenvalue weighted by Crippen LogP contribution is -2.32. The van der Waals surface area contributed by atoms with E-state index in [4.69, 9.17) is 0 Å². The van der Waals surface area contributed by atoms with Crippen LogP contribution >= 0.6 is 22.7 Å². The van der Waals surface area contributed by atoms with Crippen LogP contribution in [0.3, 0.4) is 0 Å². The van der Waals surface area contributed by atoms with Crippen LogP contribution in [0.4, 0.5) is 5.13 Å². The van der Waals surface area contributed by atoms with Crippen LogP contribution in [0.5, 0.6) is 0 Å². The van der Waals surface area contributed by atoms with Gasteiger partial charge in [0.25, 0.3) is 11.8 Å². The van der Waals surface area contributed by atoms with E-state index in [1.54, 1.807) is 41.2 Å². The summed E-state index contributed by atoms with van der Waals surface area (Å²) in [7, 11) is 4.21. The number of hydrogen-bond donors (Lipinski definition) is 2. The van der Waals surface area contributed by atoms with E-state index in [1.165, 1.54) is 16.2 Å². The van der Waals surface area contributed by atoms with Gasteiger partial charge in [0.05, 0.1) is 5.69 Å². The number of carbonyl (C=O) groups is 2. The molecule has 1 aliphatic carbocycles. The van der Waals surface area contributed by atoms with Gasteiger partial charge in [-0.3, -0.25) is 19.9 Å². The third-order valence-electron chi connectivity index (χ3n) is 6.17. The molecule has 0 spiro atoms. The normalized spacial score (nSPS) is 14.9. The molecule has 2 amide bonds. The fourth-order valence-electron chi connectivity index (χ4n) is 4.12. The van der Waals surface area contributed by atoms with Crippen molar-refractivity contribution in [3.63, 3.8) is 0 Å². The van der Waals surface area contributed by atoms with Crippen molar-refractivity contribution in [1.29, 1.82) is 0 Å². The van der Waals surface area contributed by atoms with Gasteiger partial charge in [0.2, 0.25) is 0 Å². The summed E-state index contributed by atoms with van der Waals surface area (Å²) in [5, 5.41) is 8.98. The van der Waals surface area contributed by atoms with E-state index in [9.17, 15) is 9.59 Å². The standard InChI is InChI=1S/C26H26N6O2S2/c1-32(2)19-6-7-20-22(13-19)36-26(30-20)31-23(33)18-5-3-4-16(12-18)14-28-24(34)21-15-35-25(29-21)17-8-10-27-11-9-17/h3-5,8-12,15,19H,6-7,13-14H2,1-2H3,(H,28,34)(H,30,31,33). The summed E-state index contributed by atoms with van der Waals surface area (Å²) < 4.78 is 0. The molecule has 0 aliphatic heterocycles. The second-order valence-electron chi connectivity index (χ2n) is 8.86. The number of thiazole rings is 2. The molecule has 0 saturated carbocycles. The highest BCUT2D eigenvalue weighted by molar-refractivity contribution is 7.16. The molecule has 8 nitrogen and oxygen atoms in total. The summed E-state index contributed by atoms with van der Waals surface area (Å²) in [5.74, 6) is -0.467. The van der Waals surface area contributed by atoms with Crippen molar-refractivity contribution in [2.45, 2.75) is 31.8 Å². The molecular weight excluding hydrogens is 492 g/mol. The maximum atomic E-state index is 12.9. The Hall–Kier alpha value is -3.47. The molecular formula is C26H26N6O2S2.